The van der Waals surface area contributed by atoms with Crippen molar-refractivity contribution in [3.05, 3.63) is 35.9 Å². The van der Waals surface area contributed by atoms with Gasteiger partial charge in [0.15, 0.2) is 5.96 Å². The Labute approximate surface area is 164 Å². The zero-order valence-electron chi connectivity index (χ0n) is 16.5. The van der Waals surface area contributed by atoms with Crippen molar-refractivity contribution in [1.82, 2.24) is 19.6 Å². The molecule has 0 aromatic carbocycles. The van der Waals surface area contributed by atoms with E-state index in [1.54, 1.807) is 0 Å². The lowest BCUT2D eigenvalue weighted by molar-refractivity contribution is -0.141. The number of imidazole rings is 1. The number of pyridine rings is 1. The maximum absolute atomic E-state index is 13.1. The maximum atomic E-state index is 13.1. The molecule has 148 valence electrons. The summed E-state index contributed by atoms with van der Waals surface area (Å²) in [5, 5.41) is 10.9. The van der Waals surface area contributed by atoms with Crippen molar-refractivity contribution in [2.75, 3.05) is 13.1 Å². The molecule has 3 heterocycles. The number of guanidine groups is 1. The van der Waals surface area contributed by atoms with Crippen molar-refractivity contribution in [1.29, 1.82) is 5.41 Å². The van der Waals surface area contributed by atoms with E-state index in [0.29, 0.717) is 19.0 Å². The average Bonchev–Trinajstić information content (AvgIpc) is 3.40. The van der Waals surface area contributed by atoms with Gasteiger partial charge in [0, 0.05) is 31.1 Å². The lowest BCUT2D eigenvalue weighted by atomic mass is 9.61. The number of hydrogen-bond acceptors (Lipinski definition) is 3. The van der Waals surface area contributed by atoms with Crippen molar-refractivity contribution >= 4 is 17.4 Å². The van der Waals surface area contributed by atoms with E-state index in [-0.39, 0.29) is 29.6 Å². The standard InChI is InChI=1S/C21H28N6O/c1-21(2,19-24-17(12-6-7-12)15-5-3-4-8-27(15)19)25-18(28)16-13-9-14(16)11-26(10-13)20(22)23/h3-5,8,12-14,16H,6-7,9-11H2,1-2H3,(H3,22,23)(H,25,28)/t13-,14+,16?. The molecule has 7 nitrogen and oxygen atoms in total. The summed E-state index contributed by atoms with van der Waals surface area (Å²) in [5.74, 6) is 2.27. The number of fused-ring (bicyclic) bond motifs is 3. The average molecular weight is 380 g/mol. The summed E-state index contributed by atoms with van der Waals surface area (Å²) in [4.78, 5) is 20.0. The summed E-state index contributed by atoms with van der Waals surface area (Å²) >= 11 is 0. The van der Waals surface area contributed by atoms with Crippen molar-refractivity contribution in [3.8, 4) is 0 Å². The third-order valence-electron chi connectivity index (χ3n) is 6.71. The van der Waals surface area contributed by atoms with Crippen LogP contribution in [0.2, 0.25) is 0 Å². The Morgan fingerprint density at radius 3 is 2.64 bits per heavy atom. The van der Waals surface area contributed by atoms with Crippen LogP contribution in [0.25, 0.3) is 5.52 Å². The Morgan fingerprint density at radius 2 is 2.00 bits per heavy atom. The summed E-state index contributed by atoms with van der Waals surface area (Å²) in [6, 6.07) is 6.18. The monoisotopic (exact) mass is 380 g/mol. The minimum atomic E-state index is -0.557. The lowest BCUT2D eigenvalue weighted by Crippen LogP contribution is -2.62. The number of carbonyl (C=O) groups is 1. The van der Waals surface area contributed by atoms with Gasteiger partial charge in [0.2, 0.25) is 5.91 Å². The molecule has 2 aromatic heterocycles. The summed E-state index contributed by atoms with van der Waals surface area (Å²) in [7, 11) is 0. The van der Waals surface area contributed by atoms with E-state index in [0.717, 1.165) is 23.5 Å². The fraction of sp³-hybridized carbons (Fsp3) is 0.571. The predicted octanol–water partition coefficient (Wildman–Crippen LogP) is 2.02. The molecular formula is C21H28N6O. The number of aromatic nitrogens is 2. The minimum absolute atomic E-state index is 0.0176. The molecule has 1 unspecified atom stereocenters. The molecule has 0 radical (unpaired) electrons. The second-order valence-corrected chi connectivity index (χ2v) is 9.24. The van der Waals surface area contributed by atoms with Gasteiger partial charge in [-0.05, 0) is 57.1 Å². The van der Waals surface area contributed by atoms with Gasteiger partial charge in [0.25, 0.3) is 0 Å². The maximum Gasteiger partial charge on any atom is 0.224 e. The molecule has 0 spiro atoms. The van der Waals surface area contributed by atoms with Crippen LogP contribution in [0.3, 0.4) is 0 Å². The second kappa shape index (κ2) is 5.96. The molecule has 1 saturated heterocycles. The van der Waals surface area contributed by atoms with E-state index < -0.39 is 5.54 Å². The van der Waals surface area contributed by atoms with Crippen LogP contribution in [0.15, 0.2) is 24.4 Å². The molecule has 3 aliphatic rings. The summed E-state index contributed by atoms with van der Waals surface area (Å²) < 4.78 is 2.13. The van der Waals surface area contributed by atoms with Crippen LogP contribution in [0.4, 0.5) is 0 Å². The molecule has 28 heavy (non-hydrogen) atoms. The third kappa shape index (κ3) is 2.67. The van der Waals surface area contributed by atoms with E-state index in [4.69, 9.17) is 16.1 Å². The number of nitrogens with two attached hydrogens (primary N) is 1. The van der Waals surface area contributed by atoms with Crippen LogP contribution in [0.1, 0.15) is 50.5 Å². The van der Waals surface area contributed by atoms with Gasteiger partial charge in [-0.1, -0.05) is 6.07 Å². The van der Waals surface area contributed by atoms with Crippen molar-refractivity contribution in [2.24, 2.45) is 23.5 Å². The molecule has 3 fully saturated rings. The Hall–Kier alpha value is -2.57. The smallest absolute Gasteiger partial charge is 0.224 e. The summed E-state index contributed by atoms with van der Waals surface area (Å²) in [5.41, 5.74) is 7.39. The highest BCUT2D eigenvalue weighted by Gasteiger charge is 2.51. The number of piperidine rings is 2. The predicted molar refractivity (Wildman–Crippen MR) is 107 cm³/mol. The van der Waals surface area contributed by atoms with Crippen LogP contribution in [-0.4, -0.2) is 39.2 Å². The Morgan fingerprint density at radius 1 is 1.29 bits per heavy atom. The fourth-order valence-electron chi connectivity index (χ4n) is 5.12. The van der Waals surface area contributed by atoms with Gasteiger partial charge in [-0.25, -0.2) is 4.98 Å². The lowest BCUT2D eigenvalue weighted by Gasteiger charge is -2.53. The van der Waals surface area contributed by atoms with Gasteiger partial charge in [-0.2, -0.15) is 0 Å². The highest BCUT2D eigenvalue weighted by Crippen LogP contribution is 2.46. The highest BCUT2D eigenvalue weighted by molar-refractivity contribution is 5.82. The largest absolute Gasteiger partial charge is 0.370 e. The quantitative estimate of drug-likeness (QED) is 0.558. The normalized spacial score (nSPS) is 26.8. The van der Waals surface area contributed by atoms with Gasteiger partial charge in [0.05, 0.1) is 16.7 Å². The third-order valence-corrected chi connectivity index (χ3v) is 6.71. The first-order chi connectivity index (χ1) is 13.3. The van der Waals surface area contributed by atoms with Crippen LogP contribution in [0, 0.1) is 23.2 Å². The van der Waals surface area contributed by atoms with Gasteiger partial charge in [0.1, 0.15) is 5.82 Å². The summed E-state index contributed by atoms with van der Waals surface area (Å²) in [6.07, 6.45) is 5.50. The van der Waals surface area contributed by atoms with E-state index in [1.807, 2.05) is 31.0 Å². The molecule has 1 aliphatic heterocycles. The number of hydrogen-bond donors (Lipinski definition) is 3. The van der Waals surface area contributed by atoms with Crippen molar-refractivity contribution < 1.29 is 4.79 Å². The Balaban J connectivity index is 1.38. The van der Waals surface area contributed by atoms with Gasteiger partial charge >= 0.3 is 0 Å². The molecular weight excluding hydrogens is 352 g/mol. The molecule has 2 bridgehead atoms. The van der Waals surface area contributed by atoms with Gasteiger partial charge in [-0.3, -0.25) is 10.2 Å². The first-order valence-corrected chi connectivity index (χ1v) is 10.2. The Bertz CT molecular complexity index is 947. The first-order valence-electron chi connectivity index (χ1n) is 10.2. The van der Waals surface area contributed by atoms with Crippen LogP contribution >= 0.6 is 0 Å². The van der Waals surface area contributed by atoms with Gasteiger partial charge < -0.3 is 20.4 Å². The van der Waals surface area contributed by atoms with E-state index in [1.165, 1.54) is 12.8 Å². The number of rotatable bonds is 4. The number of carbonyl (C=O) groups excluding carboxylic acids is 1. The molecule has 2 saturated carbocycles. The van der Waals surface area contributed by atoms with E-state index in [2.05, 4.69) is 21.9 Å². The fourth-order valence-corrected chi connectivity index (χ4v) is 5.12. The molecule has 3 atom stereocenters. The number of nitrogens with one attached hydrogen (secondary N) is 2. The Kier molecular flexibility index (Phi) is 3.73. The van der Waals surface area contributed by atoms with Crippen molar-refractivity contribution in [3.63, 3.8) is 0 Å². The first kappa shape index (κ1) is 17.5. The van der Waals surface area contributed by atoms with E-state index >= 15 is 0 Å². The SMILES string of the molecule is CC(C)(NC(=O)C1[C@@H]2C[C@H]1CN(C(=N)N)C2)c1nc(C2CC2)c2ccccn12. The van der Waals surface area contributed by atoms with Crippen LogP contribution < -0.4 is 11.1 Å². The van der Waals surface area contributed by atoms with Crippen LogP contribution in [-0.2, 0) is 10.3 Å². The molecule has 1 amide bonds. The number of nitrogens with zero attached hydrogens (tertiary/aromatic N) is 3. The molecule has 4 N–H and O–H groups in total. The van der Waals surface area contributed by atoms with E-state index in [9.17, 15) is 4.79 Å². The van der Waals surface area contributed by atoms with Crippen molar-refractivity contribution in [2.45, 2.75) is 44.6 Å². The minimum Gasteiger partial charge on any atom is -0.370 e. The van der Waals surface area contributed by atoms with Gasteiger partial charge in [-0.15, -0.1) is 0 Å². The number of amides is 1. The topological polar surface area (TPSA) is 99.5 Å². The molecule has 2 aliphatic carbocycles. The zero-order chi connectivity index (χ0) is 19.6. The second-order valence-electron chi connectivity index (χ2n) is 9.24. The highest BCUT2D eigenvalue weighted by atomic mass is 16.2. The molecule has 2 aromatic rings. The zero-order valence-corrected chi connectivity index (χ0v) is 16.5. The molecule has 7 heteroatoms. The summed E-state index contributed by atoms with van der Waals surface area (Å²) in [6.45, 7) is 5.50. The number of likely N-dealkylation sites (tertiary alicyclic amines) is 1. The van der Waals surface area contributed by atoms with Crippen LogP contribution in [0.5, 0.6) is 0 Å². The molecule has 5 rings (SSSR count).